The molecule has 37 heavy (non-hydrogen) atoms. The van der Waals surface area contributed by atoms with E-state index in [0.29, 0.717) is 22.8 Å². The zero-order valence-electron chi connectivity index (χ0n) is 21.3. The Balaban J connectivity index is 1.83. The molecule has 1 fully saturated rings. The van der Waals surface area contributed by atoms with Gasteiger partial charge in [-0.3, -0.25) is 14.6 Å². The summed E-state index contributed by atoms with van der Waals surface area (Å²) in [6, 6.07) is 6.37. The minimum Gasteiger partial charge on any atom is -0.493 e. The summed E-state index contributed by atoms with van der Waals surface area (Å²) >= 11 is 1.51. The number of carbonyl (C=O) groups excluding carboxylic acids is 2. The number of hydrogen-bond acceptors (Lipinski definition) is 8. The molecule has 0 radical (unpaired) electrons. The largest absolute Gasteiger partial charge is 0.493 e. The van der Waals surface area contributed by atoms with Crippen molar-refractivity contribution in [1.29, 1.82) is 0 Å². The molecule has 0 spiro atoms. The molecule has 2 aromatic heterocycles. The molecular formula is C27H32N4O5S. The topological polar surface area (TPSA) is 103 Å². The molecule has 0 bridgehead atoms. The summed E-state index contributed by atoms with van der Waals surface area (Å²) in [4.78, 5) is 38.7. The molecular weight excluding hydrogens is 492 g/mol. The highest BCUT2D eigenvalue weighted by Gasteiger charge is 2.35. The van der Waals surface area contributed by atoms with Crippen molar-refractivity contribution in [2.24, 2.45) is 0 Å². The molecule has 3 aromatic rings. The molecule has 4 rings (SSSR count). The number of nitrogens with one attached hydrogen (secondary N) is 1. The molecule has 2 amide bonds. The minimum atomic E-state index is -0.979. The highest BCUT2D eigenvalue weighted by Crippen LogP contribution is 2.41. The van der Waals surface area contributed by atoms with Crippen LogP contribution in [0.25, 0.3) is 0 Å². The monoisotopic (exact) mass is 524 g/mol. The number of thiophene rings is 1. The van der Waals surface area contributed by atoms with E-state index >= 15 is 0 Å². The molecule has 2 heterocycles. The molecule has 0 unspecified atom stereocenters. The molecule has 1 aliphatic carbocycles. The molecule has 1 saturated carbocycles. The van der Waals surface area contributed by atoms with Gasteiger partial charge in [-0.15, -0.1) is 11.3 Å². The predicted molar refractivity (Wildman–Crippen MR) is 140 cm³/mol. The molecule has 1 aromatic carbocycles. The van der Waals surface area contributed by atoms with Crippen molar-refractivity contribution in [3.05, 3.63) is 64.4 Å². The summed E-state index contributed by atoms with van der Waals surface area (Å²) in [7, 11) is 4.56. The first-order valence-corrected chi connectivity index (χ1v) is 13.1. The van der Waals surface area contributed by atoms with Crippen molar-refractivity contribution in [3.8, 4) is 17.2 Å². The number of carbonyl (C=O) groups is 2. The normalized spacial score (nSPS) is 14.5. The van der Waals surface area contributed by atoms with Gasteiger partial charge in [-0.25, -0.2) is 4.98 Å². The van der Waals surface area contributed by atoms with E-state index < -0.39 is 11.9 Å². The average molecular weight is 525 g/mol. The van der Waals surface area contributed by atoms with Crippen LogP contribution in [0.4, 0.5) is 0 Å². The van der Waals surface area contributed by atoms with Crippen LogP contribution in [0.5, 0.6) is 17.2 Å². The minimum absolute atomic E-state index is 0.0565. The number of methoxy groups -OCH3 is 3. The van der Waals surface area contributed by atoms with Crippen molar-refractivity contribution >= 4 is 23.2 Å². The zero-order valence-corrected chi connectivity index (χ0v) is 22.1. The van der Waals surface area contributed by atoms with Gasteiger partial charge < -0.3 is 24.4 Å². The Bertz CT molecular complexity index is 1160. The maximum Gasteiger partial charge on any atom is 0.275 e. The van der Waals surface area contributed by atoms with Crippen molar-refractivity contribution < 1.29 is 23.8 Å². The second-order valence-electron chi connectivity index (χ2n) is 8.81. The molecule has 0 saturated heterocycles. The molecule has 196 valence electrons. The van der Waals surface area contributed by atoms with Gasteiger partial charge in [0.1, 0.15) is 11.7 Å². The fraction of sp³-hybridized carbons (Fsp3) is 0.407. The Labute approximate surface area is 220 Å². The van der Waals surface area contributed by atoms with Gasteiger partial charge in [-0.1, -0.05) is 25.3 Å². The van der Waals surface area contributed by atoms with E-state index in [1.54, 1.807) is 12.1 Å². The molecule has 10 heteroatoms. The lowest BCUT2D eigenvalue weighted by atomic mass is 9.94. The fourth-order valence-corrected chi connectivity index (χ4v) is 5.37. The third-order valence-corrected chi connectivity index (χ3v) is 7.32. The maximum atomic E-state index is 14.0. The second kappa shape index (κ2) is 12.5. The van der Waals surface area contributed by atoms with Gasteiger partial charge >= 0.3 is 0 Å². The maximum absolute atomic E-state index is 14.0. The predicted octanol–water partition coefficient (Wildman–Crippen LogP) is 4.40. The van der Waals surface area contributed by atoms with E-state index in [9.17, 15) is 9.59 Å². The van der Waals surface area contributed by atoms with Crippen molar-refractivity contribution in [2.45, 2.75) is 50.7 Å². The van der Waals surface area contributed by atoms with Crippen LogP contribution in [0.1, 0.15) is 59.1 Å². The second-order valence-corrected chi connectivity index (χ2v) is 9.84. The Morgan fingerprint density at radius 2 is 1.81 bits per heavy atom. The van der Waals surface area contributed by atoms with Gasteiger partial charge in [-0.05, 0) is 42.0 Å². The number of amides is 2. The van der Waals surface area contributed by atoms with Crippen molar-refractivity contribution in [3.63, 3.8) is 0 Å². The third-order valence-electron chi connectivity index (χ3n) is 6.46. The number of ether oxygens (including phenoxy) is 3. The third kappa shape index (κ3) is 6.19. The van der Waals surface area contributed by atoms with Gasteiger partial charge in [0.15, 0.2) is 11.5 Å². The van der Waals surface area contributed by atoms with E-state index in [1.165, 1.54) is 62.6 Å². The summed E-state index contributed by atoms with van der Waals surface area (Å²) in [5.41, 5.74) is 0.693. The lowest BCUT2D eigenvalue weighted by Gasteiger charge is -2.33. The van der Waals surface area contributed by atoms with Gasteiger partial charge in [0.25, 0.3) is 5.91 Å². The lowest BCUT2D eigenvalue weighted by molar-refractivity contribution is -0.127. The number of aromatic nitrogens is 2. The lowest BCUT2D eigenvalue weighted by Crippen LogP contribution is -2.47. The Morgan fingerprint density at radius 1 is 1.08 bits per heavy atom. The quantitative estimate of drug-likeness (QED) is 0.419. The highest BCUT2D eigenvalue weighted by atomic mass is 32.1. The number of hydrogen-bond donors (Lipinski definition) is 1. The van der Waals surface area contributed by atoms with Crippen LogP contribution in [-0.4, -0.2) is 54.1 Å². The van der Waals surface area contributed by atoms with Crippen molar-refractivity contribution in [1.82, 2.24) is 20.2 Å². The van der Waals surface area contributed by atoms with E-state index in [-0.39, 0.29) is 24.2 Å². The van der Waals surface area contributed by atoms with Crippen LogP contribution in [0.3, 0.4) is 0 Å². The van der Waals surface area contributed by atoms with Crippen LogP contribution in [0.15, 0.2) is 48.2 Å². The Hall–Kier alpha value is -3.66. The molecule has 1 aliphatic rings. The molecule has 1 atom stereocenters. The number of nitrogens with zero attached hydrogens (tertiary/aromatic N) is 3. The van der Waals surface area contributed by atoms with Gasteiger partial charge in [0, 0.05) is 23.3 Å². The summed E-state index contributed by atoms with van der Waals surface area (Å²) < 4.78 is 16.6. The zero-order chi connectivity index (χ0) is 26.2. The summed E-state index contributed by atoms with van der Waals surface area (Å²) in [5, 5.41) is 5.15. The van der Waals surface area contributed by atoms with Crippen molar-refractivity contribution in [2.75, 3.05) is 21.3 Å². The fourth-order valence-electron chi connectivity index (χ4n) is 4.67. The Kier molecular flexibility index (Phi) is 8.95. The average Bonchev–Trinajstić information content (AvgIpc) is 3.46. The van der Waals surface area contributed by atoms with Gasteiger partial charge in [-0.2, -0.15) is 0 Å². The highest BCUT2D eigenvalue weighted by molar-refractivity contribution is 7.09. The van der Waals surface area contributed by atoms with Crippen LogP contribution in [-0.2, 0) is 11.3 Å². The van der Waals surface area contributed by atoms with Gasteiger partial charge in [0.05, 0.1) is 34.1 Å². The van der Waals surface area contributed by atoms with Crippen LogP contribution >= 0.6 is 11.3 Å². The van der Waals surface area contributed by atoms with Crippen LogP contribution in [0, 0.1) is 0 Å². The summed E-state index contributed by atoms with van der Waals surface area (Å²) in [6.07, 6.45) is 9.51. The van der Waals surface area contributed by atoms with E-state index in [1.807, 2.05) is 17.5 Å². The number of benzene rings is 1. The van der Waals surface area contributed by atoms with E-state index in [4.69, 9.17) is 14.2 Å². The summed E-state index contributed by atoms with van der Waals surface area (Å²) in [5.74, 6) is 0.532. The molecule has 9 nitrogen and oxygen atoms in total. The first-order valence-electron chi connectivity index (χ1n) is 12.2. The number of rotatable bonds is 10. The van der Waals surface area contributed by atoms with E-state index in [0.717, 1.165) is 30.6 Å². The SMILES string of the molecule is COc1cc([C@H](C(=O)NC2CCCCC2)N(Cc2cccs2)C(=O)c2cnccn2)cc(OC)c1OC. The standard InChI is InChI=1S/C27H32N4O5S/c1-34-22-14-18(15-23(35-2)25(22)36-3)24(26(32)30-19-8-5-4-6-9-19)31(17-20-10-7-13-37-20)27(33)21-16-28-11-12-29-21/h7,10-16,19,24H,4-6,8-9,17H2,1-3H3,(H,30,32)/t24-/m1/s1. The van der Waals surface area contributed by atoms with Crippen LogP contribution in [0.2, 0.25) is 0 Å². The van der Waals surface area contributed by atoms with Crippen LogP contribution < -0.4 is 19.5 Å². The summed E-state index contributed by atoms with van der Waals surface area (Å²) in [6.45, 7) is 0.215. The van der Waals surface area contributed by atoms with E-state index in [2.05, 4.69) is 15.3 Å². The van der Waals surface area contributed by atoms with Gasteiger partial charge in [0.2, 0.25) is 11.7 Å². The first-order chi connectivity index (χ1) is 18.0. The molecule has 0 aliphatic heterocycles. The first kappa shape index (κ1) is 26.4. The Morgan fingerprint density at radius 3 is 2.38 bits per heavy atom. The molecule has 1 N–H and O–H groups in total. The smallest absolute Gasteiger partial charge is 0.275 e.